The first kappa shape index (κ1) is 18.4. The first-order chi connectivity index (χ1) is 14.2. The van der Waals surface area contributed by atoms with E-state index in [9.17, 15) is 4.79 Å². The Hall–Kier alpha value is -2.61. The Morgan fingerprint density at radius 3 is 2.76 bits per heavy atom. The third kappa shape index (κ3) is 4.37. The summed E-state index contributed by atoms with van der Waals surface area (Å²) in [6.07, 6.45) is 6.26. The molecule has 2 aliphatic carbocycles. The monoisotopic (exact) mass is 397 g/mol. The molecule has 6 rings (SSSR count). The summed E-state index contributed by atoms with van der Waals surface area (Å²) in [6, 6.07) is 8.08. The lowest BCUT2D eigenvalue weighted by Gasteiger charge is -2.29. The number of ether oxygens (including phenoxy) is 2. The maximum atomic E-state index is 12.3. The van der Waals surface area contributed by atoms with Crippen LogP contribution in [0.25, 0.3) is 0 Å². The Balaban J connectivity index is 1.36. The molecule has 2 saturated carbocycles. The number of aromatic nitrogens is 3. The summed E-state index contributed by atoms with van der Waals surface area (Å²) in [4.78, 5) is 17.0. The summed E-state index contributed by atoms with van der Waals surface area (Å²) >= 11 is 0. The number of nitrogens with zero attached hydrogens (tertiary/aromatic N) is 2. The van der Waals surface area contributed by atoms with Gasteiger partial charge in [0.15, 0.2) is 5.82 Å². The van der Waals surface area contributed by atoms with Crippen molar-refractivity contribution >= 4 is 17.7 Å². The van der Waals surface area contributed by atoms with Crippen molar-refractivity contribution in [3.8, 4) is 0 Å². The van der Waals surface area contributed by atoms with E-state index in [1.54, 1.807) is 0 Å². The molecule has 154 valence electrons. The number of aromatic amines is 1. The highest BCUT2D eigenvalue weighted by Gasteiger charge is 2.31. The van der Waals surface area contributed by atoms with E-state index < -0.39 is 0 Å². The van der Waals surface area contributed by atoms with Crippen molar-refractivity contribution in [3.05, 3.63) is 35.7 Å². The number of nitrogens with one attached hydrogen (secondary N) is 3. The molecule has 2 aliphatic heterocycles. The van der Waals surface area contributed by atoms with Crippen LogP contribution in [0.3, 0.4) is 0 Å². The summed E-state index contributed by atoms with van der Waals surface area (Å²) in [7, 11) is 0. The van der Waals surface area contributed by atoms with Crippen LogP contribution >= 0.6 is 0 Å². The summed E-state index contributed by atoms with van der Waals surface area (Å²) in [6.45, 7) is 0.482. The summed E-state index contributed by atoms with van der Waals surface area (Å²) < 4.78 is 11.8. The number of rotatable bonds is 0. The molecule has 2 atom stereocenters. The number of hydrogen-bond donors (Lipinski definition) is 3. The first-order valence-corrected chi connectivity index (χ1v) is 10.6. The second-order valence-electron chi connectivity index (χ2n) is 8.31. The number of alkyl carbamates (subject to hydrolysis) is 1. The van der Waals surface area contributed by atoms with Gasteiger partial charge in [0.2, 0.25) is 0 Å². The molecular weight excluding hydrogens is 370 g/mol. The van der Waals surface area contributed by atoms with Gasteiger partial charge in [-0.1, -0.05) is 6.07 Å². The van der Waals surface area contributed by atoms with Gasteiger partial charge in [0, 0.05) is 23.7 Å². The van der Waals surface area contributed by atoms with E-state index in [0.29, 0.717) is 12.5 Å². The third-order valence-electron chi connectivity index (χ3n) is 6.22. The average Bonchev–Trinajstić information content (AvgIpc) is 3.37. The summed E-state index contributed by atoms with van der Waals surface area (Å²) in [5, 5.41) is 13.8. The van der Waals surface area contributed by atoms with Crippen molar-refractivity contribution in [2.75, 3.05) is 5.32 Å². The number of hydrogen-bond acceptors (Lipinski definition) is 6. The van der Waals surface area contributed by atoms with Gasteiger partial charge in [-0.15, -0.1) is 0 Å². The zero-order valence-corrected chi connectivity index (χ0v) is 16.4. The van der Waals surface area contributed by atoms with Crippen LogP contribution in [0, 0.1) is 0 Å². The predicted octanol–water partition coefficient (Wildman–Crippen LogP) is 3.75. The highest BCUT2D eigenvalue weighted by Crippen LogP contribution is 2.36. The topological polar surface area (TPSA) is 101 Å². The molecule has 2 aromatic heterocycles. The van der Waals surface area contributed by atoms with Gasteiger partial charge in [-0.05, 0) is 57.1 Å². The molecule has 0 radical (unpaired) electrons. The largest absolute Gasteiger partial charge is 0.446 e. The van der Waals surface area contributed by atoms with Gasteiger partial charge in [-0.3, -0.25) is 5.10 Å². The zero-order chi connectivity index (χ0) is 19.6. The molecule has 0 saturated heterocycles. The summed E-state index contributed by atoms with van der Waals surface area (Å²) in [5.74, 6) is 1.82. The van der Waals surface area contributed by atoms with E-state index in [1.165, 1.54) is 0 Å². The van der Waals surface area contributed by atoms with Crippen molar-refractivity contribution in [2.24, 2.45) is 0 Å². The lowest BCUT2D eigenvalue weighted by atomic mass is 9.93. The van der Waals surface area contributed by atoms with Gasteiger partial charge < -0.3 is 20.1 Å². The van der Waals surface area contributed by atoms with Gasteiger partial charge in [0.1, 0.15) is 11.9 Å². The predicted molar refractivity (Wildman–Crippen MR) is 107 cm³/mol. The number of amides is 1. The molecule has 8 bridgehead atoms. The number of pyridine rings is 1. The minimum atomic E-state index is -0.287. The van der Waals surface area contributed by atoms with Crippen LogP contribution < -0.4 is 10.6 Å². The average molecular weight is 397 g/mol. The Kier molecular flexibility index (Phi) is 5.10. The second-order valence-corrected chi connectivity index (χ2v) is 8.31. The molecule has 8 nitrogen and oxygen atoms in total. The van der Waals surface area contributed by atoms with Gasteiger partial charge in [0.25, 0.3) is 0 Å². The van der Waals surface area contributed by atoms with Crippen molar-refractivity contribution < 1.29 is 14.3 Å². The molecule has 1 amide bonds. The molecule has 0 unspecified atom stereocenters. The number of anilines is 2. The molecule has 3 N–H and O–H groups in total. The fourth-order valence-electron chi connectivity index (χ4n) is 4.63. The Labute approximate surface area is 169 Å². The van der Waals surface area contributed by atoms with Gasteiger partial charge in [0.05, 0.1) is 18.4 Å². The molecule has 8 heteroatoms. The SMILES string of the molecule is O=C1N[C@H]2CC[C@H](CC2)OCc2cccc(n2)Nc2cc([nH]n2)[C@H]2CC[C@H](C2)O1. The smallest absolute Gasteiger partial charge is 0.407 e. The minimum absolute atomic E-state index is 0.0418. The first-order valence-electron chi connectivity index (χ1n) is 10.6. The van der Waals surface area contributed by atoms with E-state index in [2.05, 4.69) is 25.8 Å². The van der Waals surface area contributed by atoms with Crippen molar-refractivity contribution in [2.45, 2.75) is 75.7 Å². The molecule has 4 aliphatic rings. The fraction of sp³-hybridized carbons (Fsp3) is 0.571. The van der Waals surface area contributed by atoms with Gasteiger partial charge in [-0.25, -0.2) is 9.78 Å². The number of H-pyrrole nitrogens is 1. The van der Waals surface area contributed by atoms with E-state index in [-0.39, 0.29) is 24.3 Å². The Morgan fingerprint density at radius 2 is 1.86 bits per heavy atom. The highest BCUT2D eigenvalue weighted by molar-refractivity contribution is 5.67. The highest BCUT2D eigenvalue weighted by atomic mass is 16.6. The summed E-state index contributed by atoms with van der Waals surface area (Å²) in [5.41, 5.74) is 1.96. The molecular formula is C21H27N5O3. The quantitative estimate of drug-likeness (QED) is 0.626. The third-order valence-corrected chi connectivity index (χ3v) is 6.22. The Bertz CT molecular complexity index is 862. The Morgan fingerprint density at radius 1 is 1.00 bits per heavy atom. The second kappa shape index (κ2) is 8.02. The number of carbonyl (C=O) groups is 1. The number of carbonyl (C=O) groups excluding carboxylic acids is 1. The zero-order valence-electron chi connectivity index (χ0n) is 16.4. The van der Waals surface area contributed by atoms with Crippen LogP contribution in [0.1, 0.15) is 62.3 Å². The maximum Gasteiger partial charge on any atom is 0.407 e. The molecule has 2 aromatic rings. The van der Waals surface area contributed by atoms with Crippen molar-refractivity contribution in [1.29, 1.82) is 0 Å². The molecule has 2 fully saturated rings. The van der Waals surface area contributed by atoms with E-state index in [0.717, 1.165) is 68.0 Å². The van der Waals surface area contributed by atoms with Gasteiger partial charge >= 0.3 is 6.09 Å². The van der Waals surface area contributed by atoms with Crippen molar-refractivity contribution in [3.63, 3.8) is 0 Å². The van der Waals surface area contributed by atoms with Crippen LogP contribution in [-0.4, -0.2) is 39.5 Å². The van der Waals surface area contributed by atoms with Crippen LogP contribution in [0.4, 0.5) is 16.4 Å². The number of fused-ring (bicyclic) bond motifs is 5. The molecule has 29 heavy (non-hydrogen) atoms. The maximum absolute atomic E-state index is 12.3. The molecule has 0 aromatic carbocycles. The van der Waals surface area contributed by atoms with Gasteiger partial charge in [-0.2, -0.15) is 5.10 Å². The minimum Gasteiger partial charge on any atom is -0.446 e. The van der Waals surface area contributed by atoms with E-state index in [1.807, 2.05) is 24.3 Å². The fourth-order valence-corrected chi connectivity index (χ4v) is 4.63. The molecule has 0 spiro atoms. The van der Waals surface area contributed by atoms with Crippen LogP contribution in [0.5, 0.6) is 0 Å². The lowest BCUT2D eigenvalue weighted by molar-refractivity contribution is 0.00895. The normalized spacial score (nSPS) is 29.7. The van der Waals surface area contributed by atoms with Crippen LogP contribution in [-0.2, 0) is 16.1 Å². The van der Waals surface area contributed by atoms with Crippen LogP contribution in [0.2, 0.25) is 0 Å². The van der Waals surface area contributed by atoms with E-state index in [4.69, 9.17) is 9.47 Å². The van der Waals surface area contributed by atoms with E-state index >= 15 is 0 Å². The van der Waals surface area contributed by atoms with Crippen molar-refractivity contribution in [1.82, 2.24) is 20.5 Å². The lowest BCUT2D eigenvalue weighted by Crippen LogP contribution is -2.40. The molecule has 4 heterocycles. The standard InChI is InChI=1S/C21H27N5O3/c27-21-23-14-5-8-16(9-6-14)28-12-15-2-1-3-19(22-15)24-20-11-18(25-26-20)13-4-7-17(10-13)29-21/h1-3,11,13-14,16-17H,4-10,12H2,(H,23,27)(H2,22,24,25,26)/t13-,14-,16+,17+/m0/s1. The van der Waals surface area contributed by atoms with Crippen LogP contribution in [0.15, 0.2) is 24.3 Å².